The Bertz CT molecular complexity index is 572. The van der Waals surface area contributed by atoms with E-state index in [1.165, 1.54) is 12.8 Å². The molecule has 3 rings (SSSR count). The highest BCUT2D eigenvalue weighted by Crippen LogP contribution is 2.33. The number of carbonyl (C=O) groups is 1. The predicted molar refractivity (Wildman–Crippen MR) is 59.0 cm³/mol. The summed E-state index contributed by atoms with van der Waals surface area (Å²) in [6.07, 6.45) is 6.36. The SMILES string of the molecule is O=C(O)c1nc2nccc(C3CCCC3)n2n1. The minimum Gasteiger partial charge on any atom is -0.475 e. The molecule has 2 aromatic heterocycles. The highest BCUT2D eigenvalue weighted by molar-refractivity contribution is 5.83. The highest BCUT2D eigenvalue weighted by Gasteiger charge is 2.22. The van der Waals surface area contributed by atoms with Gasteiger partial charge in [-0.15, -0.1) is 5.10 Å². The van der Waals surface area contributed by atoms with Crippen LogP contribution in [-0.2, 0) is 0 Å². The molecule has 17 heavy (non-hydrogen) atoms. The largest absolute Gasteiger partial charge is 0.475 e. The van der Waals surface area contributed by atoms with Crippen LogP contribution in [0.3, 0.4) is 0 Å². The maximum absolute atomic E-state index is 10.8. The van der Waals surface area contributed by atoms with Crippen LogP contribution in [0.2, 0.25) is 0 Å². The van der Waals surface area contributed by atoms with Gasteiger partial charge in [0, 0.05) is 12.1 Å². The van der Waals surface area contributed by atoms with Gasteiger partial charge in [-0.25, -0.2) is 14.3 Å². The van der Waals surface area contributed by atoms with Crippen molar-refractivity contribution in [2.75, 3.05) is 0 Å². The summed E-state index contributed by atoms with van der Waals surface area (Å²) in [4.78, 5) is 18.8. The lowest BCUT2D eigenvalue weighted by Crippen LogP contribution is -2.05. The first-order chi connectivity index (χ1) is 8.25. The molecule has 0 aliphatic heterocycles. The topological polar surface area (TPSA) is 80.4 Å². The highest BCUT2D eigenvalue weighted by atomic mass is 16.4. The molecule has 1 fully saturated rings. The quantitative estimate of drug-likeness (QED) is 0.848. The maximum Gasteiger partial charge on any atom is 0.375 e. The smallest absolute Gasteiger partial charge is 0.375 e. The number of aromatic carboxylic acids is 1. The Kier molecular flexibility index (Phi) is 2.28. The van der Waals surface area contributed by atoms with Crippen molar-refractivity contribution in [1.29, 1.82) is 0 Å². The molecular formula is C11H12N4O2. The fourth-order valence-corrected chi connectivity index (χ4v) is 2.43. The van der Waals surface area contributed by atoms with E-state index in [0.717, 1.165) is 18.5 Å². The summed E-state index contributed by atoms with van der Waals surface area (Å²) in [6, 6.07) is 1.91. The van der Waals surface area contributed by atoms with Gasteiger partial charge in [-0.1, -0.05) is 12.8 Å². The fraction of sp³-hybridized carbons (Fsp3) is 0.455. The minimum absolute atomic E-state index is 0.192. The van der Waals surface area contributed by atoms with Gasteiger partial charge in [-0.2, -0.15) is 4.98 Å². The van der Waals surface area contributed by atoms with E-state index in [-0.39, 0.29) is 5.82 Å². The van der Waals surface area contributed by atoms with Crippen molar-refractivity contribution in [1.82, 2.24) is 19.6 Å². The predicted octanol–water partition coefficient (Wildman–Crippen LogP) is 1.48. The molecule has 0 unspecified atom stereocenters. The van der Waals surface area contributed by atoms with Crippen molar-refractivity contribution < 1.29 is 9.90 Å². The summed E-state index contributed by atoms with van der Waals surface area (Å²) in [6.45, 7) is 0. The zero-order valence-electron chi connectivity index (χ0n) is 9.20. The number of carboxylic acid groups (broad SMARTS) is 1. The number of fused-ring (bicyclic) bond motifs is 1. The molecule has 6 nitrogen and oxygen atoms in total. The first kappa shape index (κ1) is 10.2. The van der Waals surface area contributed by atoms with E-state index < -0.39 is 5.97 Å². The fourth-order valence-electron chi connectivity index (χ4n) is 2.43. The first-order valence-electron chi connectivity index (χ1n) is 5.70. The van der Waals surface area contributed by atoms with Crippen LogP contribution >= 0.6 is 0 Å². The third kappa shape index (κ3) is 1.65. The molecule has 88 valence electrons. The van der Waals surface area contributed by atoms with Crippen molar-refractivity contribution in [3.8, 4) is 0 Å². The molecular weight excluding hydrogens is 220 g/mol. The lowest BCUT2D eigenvalue weighted by Gasteiger charge is -2.09. The van der Waals surface area contributed by atoms with Crippen molar-refractivity contribution in [2.45, 2.75) is 31.6 Å². The average Bonchev–Trinajstić information content (AvgIpc) is 2.97. The van der Waals surface area contributed by atoms with E-state index in [1.54, 1.807) is 10.7 Å². The molecule has 1 N–H and O–H groups in total. The van der Waals surface area contributed by atoms with Gasteiger partial charge >= 0.3 is 5.97 Å². The van der Waals surface area contributed by atoms with Gasteiger partial charge in [0.2, 0.25) is 0 Å². The number of hydrogen-bond acceptors (Lipinski definition) is 4. The summed E-state index contributed by atoms with van der Waals surface area (Å²) in [5.41, 5.74) is 1.02. The lowest BCUT2D eigenvalue weighted by molar-refractivity contribution is 0.0684. The van der Waals surface area contributed by atoms with Crippen LogP contribution in [0.15, 0.2) is 12.3 Å². The molecule has 1 saturated carbocycles. The molecule has 0 saturated heterocycles. The molecule has 0 spiro atoms. The number of carboxylic acids is 1. The van der Waals surface area contributed by atoms with Crippen LogP contribution in [0, 0.1) is 0 Å². The number of aromatic nitrogens is 4. The zero-order chi connectivity index (χ0) is 11.8. The molecule has 1 aliphatic carbocycles. The van der Waals surface area contributed by atoms with E-state index in [0.29, 0.717) is 11.7 Å². The van der Waals surface area contributed by atoms with Crippen LogP contribution < -0.4 is 0 Å². The molecule has 2 heterocycles. The number of nitrogens with zero attached hydrogens (tertiary/aromatic N) is 4. The Morgan fingerprint density at radius 3 is 2.88 bits per heavy atom. The Balaban J connectivity index is 2.14. The van der Waals surface area contributed by atoms with Crippen molar-refractivity contribution in [3.05, 3.63) is 23.8 Å². The Labute approximate surface area is 97.3 Å². The molecule has 1 aliphatic rings. The standard InChI is InChI=1S/C11H12N4O2/c16-10(17)9-13-11-12-6-5-8(15(11)14-9)7-3-1-2-4-7/h5-7H,1-4H2,(H,16,17). The maximum atomic E-state index is 10.8. The van der Waals surface area contributed by atoms with Crippen LogP contribution in [0.1, 0.15) is 47.9 Å². The average molecular weight is 232 g/mol. The van der Waals surface area contributed by atoms with Gasteiger partial charge in [0.1, 0.15) is 0 Å². The monoisotopic (exact) mass is 232 g/mol. The van der Waals surface area contributed by atoms with Crippen LogP contribution in [0.4, 0.5) is 0 Å². The second-order valence-electron chi connectivity index (χ2n) is 4.30. The van der Waals surface area contributed by atoms with Crippen LogP contribution in [0.5, 0.6) is 0 Å². The van der Waals surface area contributed by atoms with Crippen molar-refractivity contribution in [3.63, 3.8) is 0 Å². The van der Waals surface area contributed by atoms with E-state index >= 15 is 0 Å². The third-order valence-electron chi connectivity index (χ3n) is 3.23. The van der Waals surface area contributed by atoms with Crippen LogP contribution in [0.25, 0.3) is 5.78 Å². The second-order valence-corrected chi connectivity index (χ2v) is 4.30. The van der Waals surface area contributed by atoms with Gasteiger partial charge < -0.3 is 5.11 Å². The van der Waals surface area contributed by atoms with E-state index in [4.69, 9.17) is 5.11 Å². The Hall–Kier alpha value is -1.98. The summed E-state index contributed by atoms with van der Waals surface area (Å²) in [5, 5.41) is 12.9. The van der Waals surface area contributed by atoms with Gasteiger partial charge in [0.25, 0.3) is 11.6 Å². The van der Waals surface area contributed by atoms with E-state index in [2.05, 4.69) is 15.1 Å². The summed E-state index contributed by atoms with van der Waals surface area (Å²) in [5.74, 6) is -0.494. The molecule has 2 aromatic rings. The number of rotatable bonds is 2. The van der Waals surface area contributed by atoms with Gasteiger partial charge in [-0.3, -0.25) is 0 Å². The summed E-state index contributed by atoms with van der Waals surface area (Å²) in [7, 11) is 0. The van der Waals surface area contributed by atoms with Crippen LogP contribution in [-0.4, -0.2) is 30.7 Å². The molecule has 0 radical (unpaired) electrons. The molecule has 0 aromatic carbocycles. The molecule has 0 amide bonds. The second kappa shape index (κ2) is 3.80. The van der Waals surface area contributed by atoms with Crippen molar-refractivity contribution in [2.24, 2.45) is 0 Å². The molecule has 6 heteroatoms. The summed E-state index contributed by atoms with van der Waals surface area (Å²) >= 11 is 0. The summed E-state index contributed by atoms with van der Waals surface area (Å²) < 4.78 is 1.57. The first-order valence-corrected chi connectivity index (χ1v) is 5.70. The normalized spacial score (nSPS) is 16.7. The van der Waals surface area contributed by atoms with E-state index in [9.17, 15) is 4.79 Å². The molecule has 0 bridgehead atoms. The Morgan fingerprint density at radius 2 is 2.18 bits per heavy atom. The molecule has 0 atom stereocenters. The van der Waals surface area contributed by atoms with Gasteiger partial charge in [0.15, 0.2) is 0 Å². The number of hydrogen-bond donors (Lipinski definition) is 1. The third-order valence-corrected chi connectivity index (χ3v) is 3.23. The lowest BCUT2D eigenvalue weighted by atomic mass is 10.0. The van der Waals surface area contributed by atoms with E-state index in [1.807, 2.05) is 6.07 Å². The Morgan fingerprint density at radius 1 is 1.41 bits per heavy atom. The van der Waals surface area contributed by atoms with Gasteiger partial charge in [-0.05, 0) is 18.9 Å². The van der Waals surface area contributed by atoms with Crippen molar-refractivity contribution >= 4 is 11.7 Å². The zero-order valence-corrected chi connectivity index (χ0v) is 9.20. The minimum atomic E-state index is -1.12. The van der Waals surface area contributed by atoms with Gasteiger partial charge in [0.05, 0.1) is 5.69 Å².